The molecule has 2 aromatic rings. The van der Waals surface area contributed by atoms with Crippen LogP contribution in [-0.2, 0) is 16.0 Å². The highest BCUT2D eigenvalue weighted by atomic mass is 35.5. The summed E-state index contributed by atoms with van der Waals surface area (Å²) >= 11 is 7.20. The van der Waals surface area contributed by atoms with Gasteiger partial charge in [-0.2, -0.15) is 0 Å². The number of hydrogen-bond acceptors (Lipinski definition) is 5. The zero-order valence-electron chi connectivity index (χ0n) is 16.0. The number of carbonyl (C=O) groups excluding carboxylic acids is 3. The molecule has 1 aliphatic rings. The van der Waals surface area contributed by atoms with Crippen LogP contribution in [0.5, 0.6) is 0 Å². The summed E-state index contributed by atoms with van der Waals surface area (Å²) < 4.78 is 0. The van der Waals surface area contributed by atoms with Gasteiger partial charge < -0.3 is 15.1 Å². The first kappa shape index (κ1) is 21.1. The number of anilines is 2. The number of hydrogen-bond donors (Lipinski definition) is 2. The molecule has 1 aliphatic heterocycles. The highest BCUT2D eigenvalue weighted by Gasteiger charge is 2.22. The van der Waals surface area contributed by atoms with E-state index in [0.29, 0.717) is 54.9 Å². The fourth-order valence-electron chi connectivity index (χ4n) is 2.97. The number of aryl methyl sites for hydroxylation is 1. The third kappa shape index (κ3) is 6.16. The predicted octanol–water partition coefficient (Wildman–Crippen LogP) is 3.06. The predicted molar refractivity (Wildman–Crippen MR) is 113 cm³/mol. The largest absolute Gasteiger partial charge is 0.339 e. The number of halogens is 1. The van der Waals surface area contributed by atoms with Gasteiger partial charge in [0.2, 0.25) is 11.8 Å². The lowest BCUT2D eigenvalue weighted by atomic mass is 10.2. The average molecular weight is 436 g/mol. The number of thiazole rings is 1. The first-order valence-electron chi connectivity index (χ1n) is 9.22. The molecule has 0 atom stereocenters. The number of urea groups is 1. The Bertz CT molecular complexity index is 895. The van der Waals surface area contributed by atoms with Crippen molar-refractivity contribution in [2.75, 3.05) is 36.8 Å². The SMILES string of the molecule is CC(=O)N1CCN(C(=O)CCc2csc(NC(=O)Nc3cccc(Cl)c3)n2)CC1. The van der Waals surface area contributed by atoms with Crippen molar-refractivity contribution in [3.63, 3.8) is 0 Å². The Balaban J connectivity index is 1.43. The van der Waals surface area contributed by atoms with Crippen LogP contribution < -0.4 is 10.6 Å². The van der Waals surface area contributed by atoms with Gasteiger partial charge in [-0.05, 0) is 24.6 Å². The van der Waals surface area contributed by atoms with Crippen LogP contribution in [0, 0.1) is 0 Å². The van der Waals surface area contributed by atoms with Crippen LogP contribution in [0.1, 0.15) is 19.0 Å². The van der Waals surface area contributed by atoms with Crippen molar-refractivity contribution < 1.29 is 14.4 Å². The molecule has 2 heterocycles. The third-order valence-electron chi connectivity index (χ3n) is 4.53. The molecule has 3 rings (SSSR count). The lowest BCUT2D eigenvalue weighted by molar-refractivity contribution is -0.138. The van der Waals surface area contributed by atoms with E-state index in [4.69, 9.17) is 11.6 Å². The summed E-state index contributed by atoms with van der Waals surface area (Å²) in [6.45, 7) is 3.82. The van der Waals surface area contributed by atoms with E-state index in [1.165, 1.54) is 11.3 Å². The zero-order valence-corrected chi connectivity index (χ0v) is 17.6. The van der Waals surface area contributed by atoms with Gasteiger partial charge in [-0.1, -0.05) is 17.7 Å². The van der Waals surface area contributed by atoms with Gasteiger partial charge in [0.25, 0.3) is 0 Å². The Morgan fingerprint density at radius 1 is 1.14 bits per heavy atom. The minimum atomic E-state index is -0.410. The molecular weight excluding hydrogens is 414 g/mol. The summed E-state index contributed by atoms with van der Waals surface area (Å²) in [4.78, 5) is 43.7. The maximum atomic E-state index is 12.4. The molecule has 1 fully saturated rings. The molecule has 154 valence electrons. The molecule has 1 aromatic carbocycles. The van der Waals surface area contributed by atoms with E-state index in [1.54, 1.807) is 41.0 Å². The number of benzene rings is 1. The minimum Gasteiger partial charge on any atom is -0.339 e. The van der Waals surface area contributed by atoms with Gasteiger partial charge in [0, 0.05) is 55.6 Å². The first-order valence-corrected chi connectivity index (χ1v) is 10.5. The smallest absolute Gasteiger partial charge is 0.325 e. The minimum absolute atomic E-state index is 0.0407. The van der Waals surface area contributed by atoms with E-state index in [0.717, 1.165) is 5.69 Å². The van der Waals surface area contributed by atoms with E-state index < -0.39 is 6.03 Å². The molecule has 8 nitrogen and oxygen atoms in total. The number of nitrogens with zero attached hydrogens (tertiary/aromatic N) is 3. The molecule has 1 aromatic heterocycles. The molecule has 2 N–H and O–H groups in total. The zero-order chi connectivity index (χ0) is 20.8. The van der Waals surface area contributed by atoms with Crippen LogP contribution in [0.25, 0.3) is 0 Å². The van der Waals surface area contributed by atoms with Crippen molar-refractivity contribution in [2.45, 2.75) is 19.8 Å². The normalized spacial score (nSPS) is 13.9. The molecular formula is C19H22ClN5O3S. The molecule has 10 heteroatoms. The van der Waals surface area contributed by atoms with Crippen molar-refractivity contribution in [3.8, 4) is 0 Å². The van der Waals surface area contributed by atoms with Crippen LogP contribution in [0.2, 0.25) is 5.02 Å². The molecule has 0 saturated carbocycles. The van der Waals surface area contributed by atoms with E-state index >= 15 is 0 Å². The van der Waals surface area contributed by atoms with E-state index in [1.807, 2.05) is 5.38 Å². The van der Waals surface area contributed by atoms with Gasteiger partial charge in [-0.25, -0.2) is 9.78 Å². The Morgan fingerprint density at radius 3 is 2.55 bits per heavy atom. The summed E-state index contributed by atoms with van der Waals surface area (Å²) in [6.07, 6.45) is 0.845. The quantitative estimate of drug-likeness (QED) is 0.754. The second-order valence-electron chi connectivity index (χ2n) is 6.62. The molecule has 1 saturated heterocycles. The number of rotatable bonds is 5. The number of amides is 4. The average Bonchev–Trinajstić information content (AvgIpc) is 3.13. The molecule has 0 spiro atoms. The highest BCUT2D eigenvalue weighted by Crippen LogP contribution is 2.19. The monoisotopic (exact) mass is 435 g/mol. The van der Waals surface area contributed by atoms with Crippen molar-refractivity contribution in [1.82, 2.24) is 14.8 Å². The summed E-state index contributed by atoms with van der Waals surface area (Å²) in [5.74, 6) is 0.0911. The fraction of sp³-hybridized carbons (Fsp3) is 0.368. The standard InChI is InChI=1S/C19H22ClN5O3S/c1-13(26)24-7-9-25(10-8-24)17(27)6-5-16-12-29-19(22-16)23-18(28)21-15-4-2-3-14(20)11-15/h2-4,11-12H,5-10H2,1H3,(H2,21,22,23,28). The molecule has 0 aliphatic carbocycles. The molecule has 0 radical (unpaired) electrons. The highest BCUT2D eigenvalue weighted by molar-refractivity contribution is 7.13. The first-order chi connectivity index (χ1) is 13.9. The molecule has 29 heavy (non-hydrogen) atoms. The van der Waals surface area contributed by atoms with Crippen molar-refractivity contribution in [1.29, 1.82) is 0 Å². The summed E-state index contributed by atoms with van der Waals surface area (Å²) in [5, 5.41) is 8.19. The van der Waals surface area contributed by atoms with Gasteiger partial charge in [-0.3, -0.25) is 14.9 Å². The number of piperazine rings is 1. The summed E-state index contributed by atoms with van der Waals surface area (Å²) in [5.41, 5.74) is 1.34. The van der Waals surface area contributed by atoms with Gasteiger partial charge in [0.15, 0.2) is 5.13 Å². The lowest BCUT2D eigenvalue weighted by Crippen LogP contribution is -2.50. The van der Waals surface area contributed by atoms with Gasteiger partial charge in [0.05, 0.1) is 5.69 Å². The topological polar surface area (TPSA) is 94.6 Å². The Kier molecular flexibility index (Phi) is 7.05. The van der Waals surface area contributed by atoms with Crippen LogP contribution in [0.3, 0.4) is 0 Å². The van der Waals surface area contributed by atoms with Crippen LogP contribution in [0.4, 0.5) is 15.6 Å². The van der Waals surface area contributed by atoms with Gasteiger partial charge >= 0.3 is 6.03 Å². The van der Waals surface area contributed by atoms with Crippen LogP contribution in [-0.4, -0.2) is 58.8 Å². The number of aromatic nitrogens is 1. The number of carbonyl (C=O) groups is 3. The second-order valence-corrected chi connectivity index (χ2v) is 7.91. The Hall–Kier alpha value is -2.65. The fourth-order valence-corrected chi connectivity index (χ4v) is 3.90. The Labute approximate surface area is 177 Å². The van der Waals surface area contributed by atoms with E-state index in [9.17, 15) is 14.4 Å². The maximum Gasteiger partial charge on any atom is 0.325 e. The third-order valence-corrected chi connectivity index (χ3v) is 5.57. The van der Waals surface area contributed by atoms with Gasteiger partial charge in [0.1, 0.15) is 0 Å². The maximum absolute atomic E-state index is 12.4. The van der Waals surface area contributed by atoms with Crippen LogP contribution >= 0.6 is 22.9 Å². The molecule has 0 bridgehead atoms. The molecule has 4 amide bonds. The van der Waals surface area contributed by atoms with E-state index in [2.05, 4.69) is 15.6 Å². The second kappa shape index (κ2) is 9.71. The molecule has 0 unspecified atom stereocenters. The van der Waals surface area contributed by atoms with Crippen molar-refractivity contribution >= 4 is 51.6 Å². The van der Waals surface area contributed by atoms with Crippen LogP contribution in [0.15, 0.2) is 29.6 Å². The summed E-state index contributed by atoms with van der Waals surface area (Å²) in [6, 6.07) is 6.45. The lowest BCUT2D eigenvalue weighted by Gasteiger charge is -2.34. The summed E-state index contributed by atoms with van der Waals surface area (Å²) in [7, 11) is 0. The van der Waals surface area contributed by atoms with Crippen molar-refractivity contribution in [3.05, 3.63) is 40.4 Å². The number of nitrogens with one attached hydrogen (secondary N) is 2. The van der Waals surface area contributed by atoms with E-state index in [-0.39, 0.29) is 11.8 Å². The van der Waals surface area contributed by atoms with Crippen molar-refractivity contribution in [2.24, 2.45) is 0 Å². The Morgan fingerprint density at radius 2 is 1.86 bits per heavy atom. The van der Waals surface area contributed by atoms with Gasteiger partial charge in [-0.15, -0.1) is 11.3 Å².